The number of nitrogens with zero attached hydrogens (tertiary/aromatic N) is 1. The molecule has 2 rings (SSSR count). The van der Waals surface area contributed by atoms with E-state index in [0.717, 1.165) is 16.5 Å². The zero-order valence-corrected chi connectivity index (χ0v) is 13.1. The number of aromatic nitrogens is 1. The van der Waals surface area contributed by atoms with Gasteiger partial charge < -0.3 is 9.47 Å². The lowest BCUT2D eigenvalue weighted by Gasteiger charge is -2.16. The second kappa shape index (κ2) is 6.12. The number of esters is 1. The number of methoxy groups -OCH3 is 1. The van der Waals surface area contributed by atoms with Crippen LogP contribution in [0.1, 0.15) is 49.7 Å². The van der Waals surface area contributed by atoms with Crippen molar-refractivity contribution >= 4 is 16.9 Å². The summed E-state index contributed by atoms with van der Waals surface area (Å²) in [4.78, 5) is 16.3. The Morgan fingerprint density at radius 3 is 2.48 bits per heavy atom. The molecule has 0 radical (unpaired) electrons. The molecule has 0 saturated carbocycles. The Kier molecular flexibility index (Phi) is 4.46. The van der Waals surface area contributed by atoms with Crippen LogP contribution in [0.2, 0.25) is 0 Å². The third-order valence-electron chi connectivity index (χ3n) is 3.21. The van der Waals surface area contributed by atoms with Crippen molar-refractivity contribution in [1.82, 2.24) is 4.98 Å². The van der Waals surface area contributed by atoms with Gasteiger partial charge in [0.2, 0.25) is 0 Å². The van der Waals surface area contributed by atoms with Gasteiger partial charge in [-0.3, -0.25) is 0 Å². The average molecular weight is 287 g/mol. The summed E-state index contributed by atoms with van der Waals surface area (Å²) in [7, 11) is 1.35. The normalized spacial score (nSPS) is 11.2. The predicted octanol–water partition coefficient (Wildman–Crippen LogP) is 3.93. The number of fused-ring (bicyclic) bond motifs is 1. The maximum Gasteiger partial charge on any atom is 0.356 e. The highest BCUT2D eigenvalue weighted by atomic mass is 16.5. The number of ether oxygens (including phenoxy) is 2. The van der Waals surface area contributed by atoms with Crippen molar-refractivity contribution in [2.75, 3.05) is 7.11 Å². The van der Waals surface area contributed by atoms with E-state index in [9.17, 15) is 4.79 Å². The molecule has 0 aliphatic rings. The van der Waals surface area contributed by atoms with Crippen molar-refractivity contribution in [1.29, 1.82) is 0 Å². The van der Waals surface area contributed by atoms with Gasteiger partial charge in [0.25, 0.3) is 0 Å². The Morgan fingerprint density at radius 2 is 1.90 bits per heavy atom. The fourth-order valence-electron chi connectivity index (χ4n) is 2.27. The van der Waals surface area contributed by atoms with E-state index in [-0.39, 0.29) is 11.8 Å². The number of benzene rings is 1. The maximum atomic E-state index is 11.8. The Labute approximate surface area is 125 Å². The first kappa shape index (κ1) is 15.3. The highest BCUT2D eigenvalue weighted by Crippen LogP contribution is 2.31. The van der Waals surface area contributed by atoms with Crippen LogP contribution in [0.3, 0.4) is 0 Å². The van der Waals surface area contributed by atoms with Gasteiger partial charge in [-0.25, -0.2) is 9.78 Å². The predicted molar refractivity (Wildman–Crippen MR) is 82.9 cm³/mol. The Balaban J connectivity index is 2.74. The summed E-state index contributed by atoms with van der Waals surface area (Å²) in [5.74, 6) is 0.517. The third kappa shape index (κ3) is 3.15. The Hall–Kier alpha value is -2.10. The van der Waals surface area contributed by atoms with Crippen molar-refractivity contribution in [3.05, 3.63) is 35.5 Å². The van der Waals surface area contributed by atoms with Crippen LogP contribution in [0.25, 0.3) is 10.9 Å². The molecule has 0 saturated heterocycles. The van der Waals surface area contributed by atoms with Crippen molar-refractivity contribution in [2.45, 2.75) is 39.7 Å². The number of carbonyl (C=O) groups excluding carboxylic acids is 1. The summed E-state index contributed by atoms with van der Waals surface area (Å²) in [6.45, 7) is 8.11. The summed E-state index contributed by atoms with van der Waals surface area (Å²) >= 11 is 0. The number of para-hydroxylation sites is 1. The average Bonchev–Trinajstić information content (AvgIpc) is 2.44. The minimum atomic E-state index is -0.455. The van der Waals surface area contributed by atoms with Crippen LogP contribution in [0.15, 0.2) is 24.3 Å². The smallest absolute Gasteiger partial charge is 0.356 e. The Bertz CT molecular complexity index is 662. The van der Waals surface area contributed by atoms with E-state index < -0.39 is 5.97 Å². The molecule has 4 nitrogen and oxygen atoms in total. The van der Waals surface area contributed by atoms with Crippen LogP contribution in [0, 0.1) is 0 Å². The molecule has 4 heteroatoms. The van der Waals surface area contributed by atoms with Gasteiger partial charge in [-0.15, -0.1) is 0 Å². The maximum absolute atomic E-state index is 11.8. The van der Waals surface area contributed by atoms with E-state index >= 15 is 0 Å². The minimum Gasteiger partial charge on any atom is -0.490 e. The number of hydrogen-bond acceptors (Lipinski definition) is 4. The SMILES string of the molecule is COC(=O)c1cc(OC(C)C)c2cccc(C(C)C)c2n1. The molecule has 1 aromatic carbocycles. The van der Waals surface area contributed by atoms with Crippen molar-refractivity contribution in [2.24, 2.45) is 0 Å². The van der Waals surface area contributed by atoms with Crippen LogP contribution >= 0.6 is 0 Å². The molecule has 0 unspecified atom stereocenters. The van der Waals surface area contributed by atoms with E-state index in [0.29, 0.717) is 11.7 Å². The molecule has 2 aromatic rings. The topological polar surface area (TPSA) is 48.4 Å². The van der Waals surface area contributed by atoms with E-state index in [4.69, 9.17) is 9.47 Å². The molecule has 0 N–H and O–H groups in total. The van der Waals surface area contributed by atoms with Crippen molar-refractivity contribution in [3.8, 4) is 5.75 Å². The van der Waals surface area contributed by atoms with Crippen LogP contribution in [-0.4, -0.2) is 24.2 Å². The van der Waals surface area contributed by atoms with Crippen LogP contribution in [0.4, 0.5) is 0 Å². The summed E-state index contributed by atoms with van der Waals surface area (Å²) < 4.78 is 10.6. The van der Waals surface area contributed by atoms with Gasteiger partial charge in [0, 0.05) is 11.5 Å². The minimum absolute atomic E-state index is 0.0174. The van der Waals surface area contributed by atoms with E-state index in [1.165, 1.54) is 7.11 Å². The molecule has 0 bridgehead atoms. The number of hydrogen-bond donors (Lipinski definition) is 0. The molecular formula is C17H21NO3. The molecule has 0 fully saturated rings. The summed E-state index contributed by atoms with van der Waals surface area (Å²) in [5.41, 5.74) is 2.16. The number of carbonyl (C=O) groups is 1. The quantitative estimate of drug-likeness (QED) is 0.799. The molecule has 1 heterocycles. The highest BCUT2D eigenvalue weighted by molar-refractivity contribution is 5.95. The molecule has 0 aliphatic heterocycles. The fourth-order valence-corrected chi connectivity index (χ4v) is 2.27. The van der Waals surface area contributed by atoms with Crippen molar-refractivity contribution in [3.63, 3.8) is 0 Å². The second-order valence-corrected chi connectivity index (χ2v) is 5.56. The molecular weight excluding hydrogens is 266 g/mol. The molecule has 112 valence electrons. The van der Waals surface area contributed by atoms with Gasteiger partial charge in [0.05, 0.1) is 18.7 Å². The molecule has 0 amide bonds. The molecule has 0 aliphatic carbocycles. The van der Waals surface area contributed by atoms with Crippen molar-refractivity contribution < 1.29 is 14.3 Å². The highest BCUT2D eigenvalue weighted by Gasteiger charge is 2.17. The van der Waals surface area contributed by atoms with Gasteiger partial charge in [0.15, 0.2) is 5.69 Å². The number of rotatable bonds is 4. The van der Waals surface area contributed by atoms with E-state index in [1.54, 1.807) is 6.07 Å². The lowest BCUT2D eigenvalue weighted by atomic mass is 9.99. The number of pyridine rings is 1. The van der Waals surface area contributed by atoms with Gasteiger partial charge in [-0.2, -0.15) is 0 Å². The first-order chi connectivity index (χ1) is 9.93. The zero-order chi connectivity index (χ0) is 15.6. The molecule has 21 heavy (non-hydrogen) atoms. The standard InChI is InChI=1S/C17H21NO3/c1-10(2)12-7-6-8-13-15(21-11(3)4)9-14(17(19)20-5)18-16(12)13/h6-11H,1-5H3. The van der Waals surface area contributed by atoms with E-state index in [2.05, 4.69) is 18.8 Å². The van der Waals surface area contributed by atoms with Crippen LogP contribution in [0.5, 0.6) is 5.75 Å². The summed E-state index contributed by atoms with van der Waals surface area (Å²) in [5, 5.41) is 0.919. The fraction of sp³-hybridized carbons (Fsp3) is 0.412. The third-order valence-corrected chi connectivity index (χ3v) is 3.21. The molecule has 1 aromatic heterocycles. The molecule has 0 atom stereocenters. The first-order valence-corrected chi connectivity index (χ1v) is 7.12. The monoisotopic (exact) mass is 287 g/mol. The summed E-state index contributed by atoms with van der Waals surface area (Å²) in [6, 6.07) is 7.63. The van der Waals surface area contributed by atoms with Gasteiger partial charge in [0.1, 0.15) is 5.75 Å². The second-order valence-electron chi connectivity index (χ2n) is 5.56. The van der Waals surface area contributed by atoms with Crippen LogP contribution < -0.4 is 4.74 Å². The largest absolute Gasteiger partial charge is 0.490 e. The van der Waals surface area contributed by atoms with Gasteiger partial charge in [-0.05, 0) is 31.4 Å². The van der Waals surface area contributed by atoms with E-state index in [1.807, 2.05) is 32.0 Å². The van der Waals surface area contributed by atoms with Gasteiger partial charge in [-0.1, -0.05) is 26.0 Å². The first-order valence-electron chi connectivity index (χ1n) is 7.12. The zero-order valence-electron chi connectivity index (χ0n) is 13.1. The summed E-state index contributed by atoms with van der Waals surface area (Å²) in [6.07, 6.45) is 0.0174. The van der Waals surface area contributed by atoms with Crippen LogP contribution in [-0.2, 0) is 4.74 Å². The lowest BCUT2D eigenvalue weighted by Crippen LogP contribution is -2.10. The Morgan fingerprint density at radius 1 is 1.19 bits per heavy atom. The van der Waals surface area contributed by atoms with Gasteiger partial charge >= 0.3 is 5.97 Å². The lowest BCUT2D eigenvalue weighted by molar-refractivity contribution is 0.0593. The molecule has 0 spiro atoms.